The van der Waals surface area contributed by atoms with Crippen molar-refractivity contribution in [2.75, 3.05) is 0 Å². The maximum absolute atomic E-state index is 11.5. The molecule has 96 valence electrons. The number of hydrogen-bond donors (Lipinski definition) is 1. The number of nitrogens with two attached hydrogens (primary N) is 1. The smallest absolute Gasteiger partial charge is 0.134 e. The predicted molar refractivity (Wildman–Crippen MR) is 70.5 cm³/mol. The molecular weight excluding hydrogens is 198 g/mol. The summed E-state index contributed by atoms with van der Waals surface area (Å²) >= 11 is 0. The van der Waals surface area contributed by atoms with E-state index in [2.05, 4.69) is 13.8 Å². The second-order valence-corrected chi connectivity index (χ2v) is 4.81. The van der Waals surface area contributed by atoms with E-state index >= 15 is 0 Å². The van der Waals surface area contributed by atoms with Gasteiger partial charge in [0.2, 0.25) is 0 Å². The third kappa shape index (κ3) is 10.2. The van der Waals surface area contributed by atoms with E-state index in [4.69, 9.17) is 5.73 Å². The molecule has 0 fully saturated rings. The van der Waals surface area contributed by atoms with E-state index in [0.717, 1.165) is 25.7 Å². The lowest BCUT2D eigenvalue weighted by Crippen LogP contribution is -2.23. The van der Waals surface area contributed by atoms with Crippen LogP contribution in [-0.2, 0) is 4.79 Å². The second kappa shape index (κ2) is 11.1. The lowest BCUT2D eigenvalue weighted by atomic mass is 10.0. The summed E-state index contributed by atoms with van der Waals surface area (Å²) in [6.07, 6.45) is 10.8. The normalized spacial score (nSPS) is 12.7. The van der Waals surface area contributed by atoms with E-state index in [0.29, 0.717) is 12.2 Å². The molecule has 0 aliphatic rings. The Bertz CT molecular complexity index is 168. The van der Waals surface area contributed by atoms with Gasteiger partial charge in [-0.15, -0.1) is 0 Å². The SMILES string of the molecule is CCCCCCCCC(=O)CC(N)CCC. The standard InChI is InChI=1S/C14H29NO/c1-3-5-6-7-8-9-11-14(16)12-13(15)10-4-2/h13H,3-12,15H2,1-2H3. The van der Waals surface area contributed by atoms with Gasteiger partial charge in [0.05, 0.1) is 0 Å². The lowest BCUT2D eigenvalue weighted by Gasteiger charge is -2.08. The Kier molecular flexibility index (Phi) is 10.9. The highest BCUT2D eigenvalue weighted by Gasteiger charge is 2.07. The van der Waals surface area contributed by atoms with Crippen molar-refractivity contribution in [2.45, 2.75) is 84.1 Å². The summed E-state index contributed by atoms with van der Waals surface area (Å²) in [4.78, 5) is 11.5. The molecule has 0 rings (SSSR count). The number of Topliss-reactive ketones (excluding diaryl/α,β-unsaturated/α-hetero) is 1. The number of carbonyl (C=O) groups is 1. The van der Waals surface area contributed by atoms with Crippen LogP contribution in [0.3, 0.4) is 0 Å². The molecule has 0 saturated heterocycles. The molecule has 0 amide bonds. The van der Waals surface area contributed by atoms with E-state index in [1.165, 1.54) is 32.1 Å². The van der Waals surface area contributed by atoms with Crippen LogP contribution in [0.25, 0.3) is 0 Å². The van der Waals surface area contributed by atoms with Crippen LogP contribution in [0.15, 0.2) is 0 Å². The molecule has 16 heavy (non-hydrogen) atoms. The molecule has 0 aromatic heterocycles. The van der Waals surface area contributed by atoms with Crippen molar-refractivity contribution in [1.82, 2.24) is 0 Å². The third-order valence-electron chi connectivity index (χ3n) is 2.96. The average molecular weight is 227 g/mol. The summed E-state index contributed by atoms with van der Waals surface area (Å²) in [6.45, 7) is 4.33. The number of hydrogen-bond acceptors (Lipinski definition) is 2. The van der Waals surface area contributed by atoms with Gasteiger partial charge >= 0.3 is 0 Å². The fourth-order valence-corrected chi connectivity index (χ4v) is 1.97. The zero-order valence-corrected chi connectivity index (χ0v) is 11.1. The van der Waals surface area contributed by atoms with Crippen molar-refractivity contribution in [1.29, 1.82) is 0 Å². The molecule has 1 atom stereocenters. The van der Waals surface area contributed by atoms with E-state index in [9.17, 15) is 4.79 Å². The van der Waals surface area contributed by atoms with Gasteiger partial charge in [-0.1, -0.05) is 52.4 Å². The molecule has 0 radical (unpaired) electrons. The molecule has 2 heteroatoms. The highest BCUT2D eigenvalue weighted by molar-refractivity contribution is 5.78. The molecule has 0 aliphatic carbocycles. The highest BCUT2D eigenvalue weighted by atomic mass is 16.1. The second-order valence-electron chi connectivity index (χ2n) is 4.81. The first kappa shape index (κ1) is 15.6. The molecule has 0 heterocycles. The average Bonchev–Trinajstić information content (AvgIpc) is 2.23. The van der Waals surface area contributed by atoms with E-state index in [-0.39, 0.29) is 6.04 Å². The Hall–Kier alpha value is -0.370. The lowest BCUT2D eigenvalue weighted by molar-refractivity contribution is -0.119. The number of carbonyl (C=O) groups excluding carboxylic acids is 1. The van der Waals surface area contributed by atoms with Crippen LogP contribution in [0.5, 0.6) is 0 Å². The zero-order valence-electron chi connectivity index (χ0n) is 11.1. The minimum absolute atomic E-state index is 0.0950. The van der Waals surface area contributed by atoms with E-state index in [1.807, 2.05) is 0 Å². The first-order chi connectivity index (χ1) is 7.70. The summed E-state index contributed by atoms with van der Waals surface area (Å²) in [6, 6.07) is 0.0950. The maximum Gasteiger partial charge on any atom is 0.134 e. The molecule has 0 aliphatic heterocycles. The molecule has 0 aromatic rings. The third-order valence-corrected chi connectivity index (χ3v) is 2.96. The van der Waals surface area contributed by atoms with E-state index < -0.39 is 0 Å². The van der Waals surface area contributed by atoms with E-state index in [1.54, 1.807) is 0 Å². The molecule has 0 saturated carbocycles. The van der Waals surface area contributed by atoms with Crippen molar-refractivity contribution < 1.29 is 4.79 Å². The molecule has 0 bridgehead atoms. The van der Waals surface area contributed by atoms with Gasteiger partial charge in [0, 0.05) is 18.9 Å². The van der Waals surface area contributed by atoms with Crippen LogP contribution in [0.1, 0.15) is 78.1 Å². The molecule has 0 aromatic carbocycles. The van der Waals surface area contributed by atoms with Crippen molar-refractivity contribution in [3.8, 4) is 0 Å². The van der Waals surface area contributed by atoms with Crippen molar-refractivity contribution in [3.05, 3.63) is 0 Å². The summed E-state index contributed by atoms with van der Waals surface area (Å²) in [5, 5.41) is 0. The van der Waals surface area contributed by atoms with Crippen LogP contribution in [0.2, 0.25) is 0 Å². The Morgan fingerprint density at radius 3 is 2.25 bits per heavy atom. The molecule has 1 unspecified atom stereocenters. The molecular formula is C14H29NO. The summed E-state index contributed by atoms with van der Waals surface area (Å²) in [7, 11) is 0. The van der Waals surface area contributed by atoms with Crippen LogP contribution < -0.4 is 5.73 Å². The van der Waals surface area contributed by atoms with Crippen LogP contribution >= 0.6 is 0 Å². The summed E-state index contributed by atoms with van der Waals surface area (Å²) in [5.74, 6) is 0.358. The first-order valence-corrected chi connectivity index (χ1v) is 6.98. The predicted octanol–water partition coefficient (Wildman–Crippen LogP) is 3.82. The molecule has 2 N–H and O–H groups in total. The highest BCUT2D eigenvalue weighted by Crippen LogP contribution is 2.09. The Morgan fingerprint density at radius 2 is 1.62 bits per heavy atom. The molecule has 2 nitrogen and oxygen atoms in total. The first-order valence-electron chi connectivity index (χ1n) is 6.98. The van der Waals surface area contributed by atoms with Crippen LogP contribution in [-0.4, -0.2) is 11.8 Å². The Balaban J connectivity index is 3.30. The summed E-state index contributed by atoms with van der Waals surface area (Å²) < 4.78 is 0. The minimum Gasteiger partial charge on any atom is -0.327 e. The number of rotatable bonds is 11. The van der Waals surface area contributed by atoms with Crippen LogP contribution in [0, 0.1) is 0 Å². The topological polar surface area (TPSA) is 43.1 Å². The Labute approximate surface area is 101 Å². The van der Waals surface area contributed by atoms with Gasteiger partial charge in [0.1, 0.15) is 5.78 Å². The maximum atomic E-state index is 11.5. The Morgan fingerprint density at radius 1 is 1.00 bits per heavy atom. The minimum atomic E-state index is 0.0950. The fourth-order valence-electron chi connectivity index (χ4n) is 1.97. The van der Waals surface area contributed by atoms with Gasteiger partial charge in [0.25, 0.3) is 0 Å². The number of unbranched alkanes of at least 4 members (excludes halogenated alkanes) is 5. The fraction of sp³-hybridized carbons (Fsp3) is 0.929. The van der Waals surface area contributed by atoms with Crippen molar-refractivity contribution in [2.24, 2.45) is 5.73 Å². The van der Waals surface area contributed by atoms with Gasteiger partial charge in [0.15, 0.2) is 0 Å². The van der Waals surface area contributed by atoms with Gasteiger partial charge in [-0.25, -0.2) is 0 Å². The monoisotopic (exact) mass is 227 g/mol. The quantitative estimate of drug-likeness (QED) is 0.545. The largest absolute Gasteiger partial charge is 0.327 e. The van der Waals surface area contributed by atoms with Crippen molar-refractivity contribution >= 4 is 5.78 Å². The van der Waals surface area contributed by atoms with Gasteiger partial charge in [-0.05, 0) is 12.8 Å². The zero-order chi connectivity index (χ0) is 12.2. The summed E-state index contributed by atoms with van der Waals surface area (Å²) in [5.41, 5.74) is 5.83. The number of ketones is 1. The van der Waals surface area contributed by atoms with Gasteiger partial charge in [-0.3, -0.25) is 4.79 Å². The van der Waals surface area contributed by atoms with Crippen molar-refractivity contribution in [3.63, 3.8) is 0 Å². The van der Waals surface area contributed by atoms with Gasteiger partial charge in [-0.2, -0.15) is 0 Å². The van der Waals surface area contributed by atoms with Gasteiger partial charge < -0.3 is 5.73 Å². The van der Waals surface area contributed by atoms with Crippen LogP contribution in [0.4, 0.5) is 0 Å². The molecule has 0 spiro atoms.